The van der Waals surface area contributed by atoms with E-state index in [1.54, 1.807) is 0 Å². The van der Waals surface area contributed by atoms with Gasteiger partial charge in [0, 0.05) is 43.0 Å². The molecule has 4 saturated carbocycles. The van der Waals surface area contributed by atoms with Crippen molar-refractivity contribution in [3.8, 4) is 33.6 Å². The van der Waals surface area contributed by atoms with Crippen LogP contribution in [0.3, 0.4) is 0 Å². The second kappa shape index (κ2) is 13.0. The van der Waals surface area contributed by atoms with Crippen LogP contribution < -0.4 is 10.6 Å². The highest BCUT2D eigenvalue weighted by molar-refractivity contribution is 5.87. The average molecular weight is 759 g/mol. The van der Waals surface area contributed by atoms with E-state index in [2.05, 4.69) is 50.9 Å². The molecule has 2 heterocycles. The summed E-state index contributed by atoms with van der Waals surface area (Å²) in [6.07, 6.45) is 5.47. The second-order valence-corrected chi connectivity index (χ2v) is 16.8. The summed E-state index contributed by atoms with van der Waals surface area (Å²) < 4.78 is 55.0. The van der Waals surface area contributed by atoms with E-state index in [4.69, 9.17) is 9.97 Å². The minimum absolute atomic E-state index is 0.0172. The quantitative estimate of drug-likeness (QED) is 0.105. The van der Waals surface area contributed by atoms with Gasteiger partial charge in [-0.15, -0.1) is 0 Å². The Kier molecular flexibility index (Phi) is 8.56. The number of amides is 2. The van der Waals surface area contributed by atoms with Gasteiger partial charge in [0.2, 0.25) is 23.7 Å². The van der Waals surface area contributed by atoms with E-state index in [0.29, 0.717) is 37.3 Å². The number of aryl methyl sites for hydroxylation is 2. The predicted octanol–water partition coefficient (Wildman–Crippen LogP) is 7.79. The number of hydrogen-bond acceptors (Lipinski definition) is 5. The number of nitrogens with zero attached hydrogens (tertiary/aromatic N) is 2. The maximum Gasteiger partial charge on any atom is 0.248 e. The van der Waals surface area contributed by atoms with Gasteiger partial charge in [0.05, 0.1) is 46.6 Å². The number of benzene rings is 2. The van der Waals surface area contributed by atoms with Crippen LogP contribution in [0, 0.1) is 16.7 Å². The summed E-state index contributed by atoms with van der Waals surface area (Å²) in [5.41, 5.74) is 5.04. The average Bonchev–Trinajstić information content (AvgIpc) is 4.08. The number of rotatable bonds is 10. The number of alkyl halides is 4. The van der Waals surface area contributed by atoms with Gasteiger partial charge in [0.15, 0.2) is 0 Å². The van der Waals surface area contributed by atoms with Crippen LogP contribution in [0.2, 0.25) is 0 Å². The van der Waals surface area contributed by atoms with Gasteiger partial charge < -0.3 is 25.7 Å². The molecule has 4 aromatic rings. The largest absolute Gasteiger partial charge is 0.389 e. The highest BCUT2D eigenvalue weighted by Crippen LogP contribution is 2.60. The molecule has 0 atom stereocenters. The molecule has 5 aliphatic carbocycles. The zero-order valence-corrected chi connectivity index (χ0v) is 30.7. The van der Waals surface area contributed by atoms with Crippen molar-refractivity contribution in [2.45, 2.75) is 120 Å². The van der Waals surface area contributed by atoms with Crippen molar-refractivity contribution in [2.24, 2.45) is 16.7 Å². The summed E-state index contributed by atoms with van der Waals surface area (Å²) in [5.74, 6) is -4.46. The standard InChI is InChI=1S/C42H46F4N6O3/c43-41(44)11-9-29(10-12-41)38(13-14-38)36(53)48-23-33-47-22-32(51-33)26-3-1-25(2-4-26)27-5-7-30-28(21-27)6-8-31-35(30)52-34(50-31)24-49-37(54)39(15-16-39)40(55)17-19-42(45,46)20-18-40/h1-5,7,21-22,29,55H,6,8-20,23-24H2,(H,47,51)(H,48,53)(H,49,54)(H,50,52). The first-order valence-electron chi connectivity index (χ1n) is 19.7. The normalized spacial score (nSPS) is 22.6. The summed E-state index contributed by atoms with van der Waals surface area (Å²) in [4.78, 5) is 42.4. The van der Waals surface area contributed by atoms with E-state index < -0.39 is 41.1 Å². The fourth-order valence-corrected chi connectivity index (χ4v) is 9.62. The molecule has 0 unspecified atom stereocenters. The van der Waals surface area contributed by atoms with Gasteiger partial charge in [-0.2, -0.15) is 0 Å². The lowest BCUT2D eigenvalue weighted by Gasteiger charge is -2.41. The number of carbonyl (C=O) groups is 2. The van der Waals surface area contributed by atoms with Crippen molar-refractivity contribution in [3.05, 3.63) is 71.6 Å². The van der Waals surface area contributed by atoms with Gasteiger partial charge in [-0.3, -0.25) is 9.59 Å². The molecule has 5 N–H and O–H groups in total. The lowest BCUT2D eigenvalue weighted by Crippen LogP contribution is -2.52. The summed E-state index contributed by atoms with van der Waals surface area (Å²) >= 11 is 0. The number of fused-ring (bicyclic) bond motifs is 3. The Balaban J connectivity index is 0.809. The Morgan fingerprint density at radius 3 is 2.05 bits per heavy atom. The molecule has 0 saturated heterocycles. The Morgan fingerprint density at radius 2 is 1.36 bits per heavy atom. The van der Waals surface area contributed by atoms with Crippen LogP contribution in [0.5, 0.6) is 0 Å². The number of aromatic amines is 2. The van der Waals surface area contributed by atoms with Crippen LogP contribution in [0.15, 0.2) is 48.7 Å². The van der Waals surface area contributed by atoms with Crippen molar-refractivity contribution in [2.75, 3.05) is 0 Å². The Hall–Kier alpha value is -4.52. The highest BCUT2D eigenvalue weighted by Gasteiger charge is 2.65. The van der Waals surface area contributed by atoms with Crippen molar-refractivity contribution in [3.63, 3.8) is 0 Å². The molecule has 2 amide bonds. The number of carbonyl (C=O) groups excluding carboxylic acids is 2. The van der Waals surface area contributed by atoms with Gasteiger partial charge >= 0.3 is 0 Å². The molecule has 2 aromatic carbocycles. The molecular weight excluding hydrogens is 712 g/mol. The summed E-state index contributed by atoms with van der Waals surface area (Å²) in [6, 6.07) is 14.5. The first kappa shape index (κ1) is 36.1. The minimum Gasteiger partial charge on any atom is -0.389 e. The molecule has 0 aliphatic heterocycles. The Labute approximate surface area is 316 Å². The third-order valence-corrected chi connectivity index (χ3v) is 13.4. The highest BCUT2D eigenvalue weighted by atomic mass is 19.3. The maximum absolute atomic E-state index is 13.8. The van der Waals surface area contributed by atoms with Crippen LogP contribution in [-0.2, 0) is 35.5 Å². The van der Waals surface area contributed by atoms with Crippen molar-refractivity contribution in [1.82, 2.24) is 30.6 Å². The zero-order chi connectivity index (χ0) is 38.2. The second-order valence-electron chi connectivity index (χ2n) is 16.8. The molecule has 290 valence electrons. The van der Waals surface area contributed by atoms with Gasteiger partial charge in [-0.1, -0.05) is 42.5 Å². The van der Waals surface area contributed by atoms with Gasteiger partial charge in [-0.25, -0.2) is 27.5 Å². The monoisotopic (exact) mass is 758 g/mol. The number of hydrogen-bond donors (Lipinski definition) is 5. The van der Waals surface area contributed by atoms with E-state index in [0.717, 1.165) is 65.0 Å². The van der Waals surface area contributed by atoms with E-state index in [1.165, 1.54) is 5.56 Å². The molecule has 2 aromatic heterocycles. The van der Waals surface area contributed by atoms with Gasteiger partial charge in [-0.05, 0) is 86.8 Å². The van der Waals surface area contributed by atoms with Crippen LogP contribution in [0.1, 0.15) is 100.0 Å². The van der Waals surface area contributed by atoms with Crippen molar-refractivity contribution in [1.29, 1.82) is 0 Å². The van der Waals surface area contributed by atoms with E-state index >= 15 is 0 Å². The summed E-state index contributed by atoms with van der Waals surface area (Å²) in [5, 5.41) is 17.2. The molecular formula is C42H46F4N6O3. The molecule has 13 heteroatoms. The molecule has 9 rings (SSSR count). The fourth-order valence-electron chi connectivity index (χ4n) is 9.62. The predicted molar refractivity (Wildman–Crippen MR) is 197 cm³/mol. The van der Waals surface area contributed by atoms with Crippen LogP contribution >= 0.6 is 0 Å². The molecule has 55 heavy (non-hydrogen) atoms. The van der Waals surface area contributed by atoms with Gasteiger partial charge in [0.1, 0.15) is 11.6 Å². The molecule has 0 radical (unpaired) electrons. The number of aliphatic hydroxyl groups is 1. The third kappa shape index (κ3) is 6.65. The van der Waals surface area contributed by atoms with Crippen LogP contribution in [0.25, 0.3) is 33.6 Å². The van der Waals surface area contributed by atoms with Crippen LogP contribution in [0.4, 0.5) is 17.6 Å². The summed E-state index contributed by atoms with van der Waals surface area (Å²) in [6.45, 7) is 0.417. The lowest BCUT2D eigenvalue weighted by molar-refractivity contribution is -0.156. The number of nitrogens with one attached hydrogen (secondary N) is 4. The number of H-pyrrole nitrogens is 2. The topological polar surface area (TPSA) is 136 Å². The molecule has 5 aliphatic rings. The van der Waals surface area contributed by atoms with E-state index in [1.807, 2.05) is 18.3 Å². The Morgan fingerprint density at radius 1 is 0.727 bits per heavy atom. The zero-order valence-electron chi connectivity index (χ0n) is 30.7. The molecule has 0 spiro atoms. The minimum atomic E-state index is -2.78. The first-order chi connectivity index (χ1) is 26.3. The Bertz CT molecular complexity index is 2110. The summed E-state index contributed by atoms with van der Waals surface area (Å²) in [7, 11) is 0. The fraction of sp³-hybridized carbons (Fsp3) is 0.524. The number of aromatic nitrogens is 4. The smallest absolute Gasteiger partial charge is 0.248 e. The number of imidazole rings is 2. The molecule has 9 nitrogen and oxygen atoms in total. The van der Waals surface area contributed by atoms with Crippen molar-refractivity contribution < 1.29 is 32.3 Å². The van der Waals surface area contributed by atoms with Crippen LogP contribution in [-0.4, -0.2) is 54.3 Å². The lowest BCUT2D eigenvalue weighted by atomic mass is 9.71. The van der Waals surface area contributed by atoms with Gasteiger partial charge in [0.25, 0.3) is 0 Å². The first-order valence-corrected chi connectivity index (χ1v) is 19.7. The number of halogens is 4. The third-order valence-electron chi connectivity index (χ3n) is 13.4. The van der Waals surface area contributed by atoms with E-state index in [9.17, 15) is 32.3 Å². The van der Waals surface area contributed by atoms with E-state index in [-0.39, 0.29) is 56.5 Å². The molecule has 0 bridgehead atoms. The SMILES string of the molecule is O=C(NCc1nc(-c2ccc(-c3ccc4c(c3)CCc3nc(CNC(=O)C5(C6(O)CCC(F)(F)CC6)CC5)[nH]c3-4)cc2)c[nH]1)C1(C2CCC(F)(F)CC2)CC1. The molecule has 4 fully saturated rings. The van der Waals surface area contributed by atoms with Crippen molar-refractivity contribution >= 4 is 11.8 Å². The maximum atomic E-state index is 13.8.